The number of aromatic amines is 3. The second-order valence-electron chi connectivity index (χ2n) is 31.3. The molecule has 3 aliphatic heterocycles. The fourth-order valence-corrected chi connectivity index (χ4v) is 19.5. The number of nitrogens with zero attached hydrogens (tertiary/aromatic N) is 9. The van der Waals surface area contributed by atoms with Crippen molar-refractivity contribution < 1.29 is 125 Å². The number of carbonyl (C=O) groups excluding carboxylic acids is 3. The number of imidazole rings is 3. The first-order chi connectivity index (χ1) is 58.1. The van der Waals surface area contributed by atoms with E-state index in [4.69, 9.17) is 61.3 Å². The van der Waals surface area contributed by atoms with Crippen molar-refractivity contribution in [2.75, 3.05) is 36.4 Å². The number of nitrogens with one attached hydrogen (secondary N) is 8. The highest BCUT2D eigenvalue weighted by Crippen LogP contribution is 2.58. The number of hydrogen-bond donors (Lipinski definition) is 12. The molecule has 3 fully saturated rings. The molecule has 3 aromatic carbocycles. The van der Waals surface area contributed by atoms with Gasteiger partial charge in [-0.2, -0.15) is 30.2 Å². The van der Waals surface area contributed by atoms with Crippen molar-refractivity contribution in [2.24, 2.45) is 0 Å². The molecule has 0 radical (unpaired) electrons. The molecule has 0 aliphatic carbocycles. The predicted molar refractivity (Wildman–Crippen MR) is 425 cm³/mol. The van der Waals surface area contributed by atoms with Crippen LogP contribution in [0.25, 0.3) is 33.5 Å². The van der Waals surface area contributed by atoms with E-state index in [1.54, 1.807) is 44.2 Å². The number of fused-ring (bicyclic) bond motifs is 3. The van der Waals surface area contributed by atoms with Crippen LogP contribution in [0.2, 0.25) is 0 Å². The van der Waals surface area contributed by atoms with Crippen LogP contribution >= 0.6 is 23.2 Å². The highest BCUT2D eigenvalue weighted by atomic mass is 31.2. The number of benzene rings is 3. The zero-order chi connectivity index (χ0) is 90.5. The average Bonchev–Trinajstić information content (AvgIpc) is 1.58. The number of rotatable bonds is 37. The number of para-hydroxylation sites is 3. The lowest BCUT2D eigenvalue weighted by atomic mass is 9.89. The van der Waals surface area contributed by atoms with Gasteiger partial charge in [0.05, 0.1) is 25.1 Å². The Bertz CT molecular complexity index is 5730. The van der Waals surface area contributed by atoms with Gasteiger partial charge >= 0.3 is 41.1 Å². The minimum Gasteiger partial charge on any atom is -0.462 e. The van der Waals surface area contributed by atoms with Crippen LogP contribution in [0, 0.1) is 0 Å². The molecule has 3 saturated heterocycles. The lowest BCUT2D eigenvalue weighted by Gasteiger charge is -2.36. The van der Waals surface area contributed by atoms with Crippen molar-refractivity contribution in [3.8, 4) is 17.2 Å². The highest BCUT2D eigenvalue weighted by Gasteiger charge is 2.67. The minimum absolute atomic E-state index is 0.0168. The molecule has 6 unspecified atom stereocenters. The average molecular weight is 1810 g/mol. The lowest BCUT2D eigenvalue weighted by Crippen LogP contribution is -2.51. The summed E-state index contributed by atoms with van der Waals surface area (Å²) in [5.41, 5.74) is -16.6. The van der Waals surface area contributed by atoms with Gasteiger partial charge in [-0.1, -0.05) is 54.6 Å². The summed E-state index contributed by atoms with van der Waals surface area (Å²) in [5.74, 6) is -5.03. The van der Waals surface area contributed by atoms with Gasteiger partial charge in [0.15, 0.2) is 64.6 Å². The number of esters is 3. The topological polar surface area (TPSA) is 551 Å². The Kier molecular flexibility index (Phi) is 26.7. The second-order valence-corrected chi connectivity index (χ2v) is 36.1. The maximum Gasteiger partial charge on any atom is 0.460 e. The summed E-state index contributed by atoms with van der Waals surface area (Å²) in [7, 11) is -14.9. The maximum absolute atomic E-state index is 17.6. The van der Waals surface area contributed by atoms with Gasteiger partial charge in [-0.15, -0.1) is 0 Å². The molecule has 0 amide bonds. The van der Waals surface area contributed by atoms with Crippen LogP contribution in [0.3, 0.4) is 0 Å². The molecule has 0 saturated carbocycles. The molecule has 0 spiro atoms. The van der Waals surface area contributed by atoms with Crippen LogP contribution in [0.15, 0.2) is 124 Å². The molecule has 9 aromatic rings. The molecule has 51 heteroatoms. The summed E-state index contributed by atoms with van der Waals surface area (Å²) in [5, 5.41) is 47.7. The Hall–Kier alpha value is -10.3. The van der Waals surface area contributed by atoms with E-state index in [9.17, 15) is 53.0 Å². The number of carbonyl (C=O) groups is 3. The summed E-state index contributed by atoms with van der Waals surface area (Å²) in [6, 6.07) is 17.2. The zero-order valence-electron chi connectivity index (χ0n) is 68.3. The number of aliphatic hydroxyl groups is 3. The van der Waals surface area contributed by atoms with E-state index in [0.717, 1.165) is 60.4 Å². The summed E-state index contributed by atoms with van der Waals surface area (Å²) < 4.78 is 215. The molecule has 0 bridgehead atoms. The second kappa shape index (κ2) is 35.6. The SMILES string of the molecule is CC(C)OC(=O)[C@H](C)NP(=O)(Oc1ccccc1)OC(C)(C)[C@H]1O[C@@H](n2cnc3c(=O)[nH]c(NC(C)OC(=O)[C@H](C)N[P@@](=O)(Oc4ccccc4)OC(C)(C)[C@H]4O[C@@H](n5cnc6c(=O)[nH]c(NC(C)OC(=O)[C@H](C)N[P@](=O)(Oc7ccccc7)OC(C)(C)[C@H]7O[C@@H](n8cnc9c(=O)[nH]c(N)nc98)[C@@](F)(CF)C7O)nc65)[C@@](F)(CF)C4O)nc32)[C@@](F)(CF)C1O. The van der Waals surface area contributed by atoms with E-state index in [1.807, 2.05) is 0 Å². The van der Waals surface area contributed by atoms with E-state index < -0.39 is 244 Å². The monoisotopic (exact) mass is 1810 g/mol. The van der Waals surface area contributed by atoms with Gasteiger partial charge in [-0.25, -0.2) is 55.0 Å². The first-order valence-corrected chi connectivity index (χ1v) is 42.8. The Balaban J connectivity index is 0.714. The number of alkyl halides is 6. The van der Waals surface area contributed by atoms with Crippen molar-refractivity contribution in [1.82, 2.24) is 73.8 Å². The third kappa shape index (κ3) is 19.1. The number of halogens is 6. The van der Waals surface area contributed by atoms with Crippen molar-refractivity contribution in [3.63, 3.8) is 0 Å². The van der Waals surface area contributed by atoms with E-state index >= 15 is 31.1 Å². The van der Waals surface area contributed by atoms with Crippen molar-refractivity contribution in [1.29, 1.82) is 0 Å². The fraction of sp³-hybridized carbons (Fsp3) is 0.507. The summed E-state index contributed by atoms with van der Waals surface area (Å²) in [4.78, 5) is 113. The molecular formula is C73H91F6N18O24P3. The van der Waals surface area contributed by atoms with Crippen LogP contribution in [0.4, 0.5) is 44.2 Å². The number of anilines is 3. The number of aliphatic hydroxyl groups excluding tert-OH is 3. The van der Waals surface area contributed by atoms with Gasteiger partial charge in [-0.05, 0) is 126 Å². The number of ether oxygens (including phenoxy) is 6. The molecule has 9 heterocycles. The van der Waals surface area contributed by atoms with Crippen LogP contribution in [-0.4, -0.2) is 219 Å². The van der Waals surface area contributed by atoms with Crippen LogP contribution in [0.1, 0.15) is 109 Å². The van der Waals surface area contributed by atoms with Gasteiger partial charge in [0.1, 0.15) is 109 Å². The Morgan fingerprint density at radius 3 is 1.03 bits per heavy atom. The molecule has 124 heavy (non-hydrogen) atoms. The first-order valence-electron chi connectivity index (χ1n) is 38.2. The Morgan fingerprint density at radius 1 is 0.476 bits per heavy atom. The molecule has 12 rings (SSSR count). The summed E-state index contributed by atoms with van der Waals surface area (Å²) in [6.07, 6.45) is -21.0. The number of nitrogen functional groups attached to an aromatic ring is 1. The standard InChI is InChI=1S/C73H91F6N18O24P3/c1-35(2)110-59(104)36(3)92-122(107,116-41-23-17-14-18-24-41)119-69(10,11)51-48(99)72(78,30-75)63(114-51)96-33-82-45-54(96)87-66(90-57(45)102)85-40(7)112-61(106)38(5)94-124(109,118-43-27-21-16-22-28-43)121-70(12,13)52-49(100)73(79,31-76)64(115-52)97-34-83-46-55(97)88-67(91-58(46)103)84-39(6)111-60(105)37(4)93-123(108,117-42-25-19-15-20-26-42)120-68(8,9)50-47(98)71(77,29-74)62(113-50)95-32-81-44-53(95)86-65(80)89-56(44)101/h14-28,32-40,47-52,62-64,98-100H,29-31H2,1-13H3,(H,92,107)(H,93,108)(H,94,109)(H3,80,86,89,101)(H2,84,88,91,103)(H2,85,87,90,102)/t36-,37-,38-,39?,40?,47?,48?,49?,50-,51-,52-,62+,63+,64+,71+,72+,73+,122?,123-,124+/m0/s1. The van der Waals surface area contributed by atoms with Crippen LogP contribution in [0.5, 0.6) is 17.2 Å². The maximum atomic E-state index is 17.6. The van der Waals surface area contributed by atoms with Crippen LogP contribution < -0.4 is 61.9 Å². The number of nitrogens with two attached hydrogens (primary N) is 1. The van der Waals surface area contributed by atoms with Crippen molar-refractivity contribution >= 4 is 92.5 Å². The third-order valence-electron chi connectivity index (χ3n) is 19.8. The number of H-pyrrole nitrogens is 3. The first kappa shape index (κ1) is 92.9. The molecule has 20 atom stereocenters. The van der Waals surface area contributed by atoms with Gasteiger partial charge in [0, 0.05) is 0 Å². The normalized spacial score (nSPS) is 25.8. The highest BCUT2D eigenvalue weighted by molar-refractivity contribution is 7.52. The predicted octanol–water partition coefficient (Wildman–Crippen LogP) is 7.21. The molecule has 13 N–H and O–H groups in total. The molecule has 3 aliphatic rings. The number of aromatic nitrogens is 12. The van der Waals surface area contributed by atoms with E-state index in [2.05, 4.69) is 70.8 Å². The van der Waals surface area contributed by atoms with Gasteiger partial charge < -0.3 is 73.7 Å². The van der Waals surface area contributed by atoms with E-state index in [-0.39, 0.29) is 28.4 Å². The third-order valence-corrected chi connectivity index (χ3v) is 25.4. The van der Waals surface area contributed by atoms with E-state index in [0.29, 0.717) is 0 Å². The van der Waals surface area contributed by atoms with Gasteiger partial charge in [-0.3, -0.25) is 71.0 Å². The fourth-order valence-electron chi connectivity index (χ4n) is 13.9. The van der Waals surface area contributed by atoms with Gasteiger partial charge in [0.2, 0.25) is 34.9 Å². The Labute approximate surface area is 699 Å². The lowest BCUT2D eigenvalue weighted by molar-refractivity contribution is -0.150. The largest absolute Gasteiger partial charge is 0.462 e. The molecule has 674 valence electrons. The summed E-state index contributed by atoms with van der Waals surface area (Å²) in [6.45, 7) is 10.5. The smallest absolute Gasteiger partial charge is 0.460 e. The summed E-state index contributed by atoms with van der Waals surface area (Å²) >= 11 is 0. The zero-order valence-corrected chi connectivity index (χ0v) is 71.0. The molecule has 6 aromatic heterocycles. The Morgan fingerprint density at radius 2 is 0.750 bits per heavy atom. The van der Waals surface area contributed by atoms with E-state index in [1.165, 1.54) is 109 Å². The van der Waals surface area contributed by atoms with Crippen molar-refractivity contribution in [3.05, 3.63) is 141 Å². The minimum atomic E-state index is -5.14. The molecular weight excluding hydrogens is 1720 g/mol. The van der Waals surface area contributed by atoms with Gasteiger partial charge in [0.25, 0.3) is 16.7 Å². The van der Waals surface area contributed by atoms with Crippen molar-refractivity contribution in [2.45, 2.75) is 216 Å². The quantitative estimate of drug-likeness (QED) is 0.00601. The van der Waals surface area contributed by atoms with Crippen LogP contribution in [-0.2, 0) is 70.1 Å². The number of hydrogen-bond acceptors (Lipinski definition) is 33. The molecule has 42 nitrogen and oxygen atoms in total.